The molecule has 0 aromatic rings. The van der Waals surface area contributed by atoms with Crippen LogP contribution in [0.15, 0.2) is 0 Å². The van der Waals surface area contributed by atoms with Gasteiger partial charge in [0, 0.05) is 12.8 Å². The van der Waals surface area contributed by atoms with Crippen molar-refractivity contribution in [3.63, 3.8) is 0 Å². The average Bonchev–Trinajstić information content (AvgIpc) is 2.58. The summed E-state index contributed by atoms with van der Waals surface area (Å²) in [4.78, 5) is 11.8. The Hall–Kier alpha value is -0.650. The van der Waals surface area contributed by atoms with Crippen LogP contribution in [0.3, 0.4) is 0 Å². The van der Waals surface area contributed by atoms with Gasteiger partial charge in [0.2, 0.25) is 5.91 Å². The Morgan fingerprint density at radius 1 is 0.808 bits per heavy atom. The molecule has 0 aromatic carbocycles. The van der Waals surface area contributed by atoms with Crippen molar-refractivity contribution in [1.82, 2.24) is 5.32 Å². The van der Waals surface area contributed by atoms with Crippen molar-refractivity contribution in [2.24, 2.45) is 5.73 Å². The number of carbonyl (C=O) groups excluding carboxylic acids is 1. The molecule has 5 heteroatoms. The zero-order chi connectivity index (χ0) is 19.7. The number of carbonyl (C=O) groups is 1. The topological polar surface area (TPSA) is 95.6 Å². The van der Waals surface area contributed by atoms with E-state index in [1.54, 1.807) is 0 Å². The van der Waals surface area contributed by atoms with Crippen molar-refractivity contribution in [2.75, 3.05) is 0 Å². The highest BCUT2D eigenvalue weighted by molar-refractivity contribution is 5.76. The van der Waals surface area contributed by atoms with Crippen LogP contribution in [0.4, 0.5) is 0 Å². The molecule has 0 fully saturated rings. The van der Waals surface area contributed by atoms with Gasteiger partial charge >= 0.3 is 0 Å². The molecule has 0 radical (unpaired) electrons. The molecule has 0 rings (SSSR count). The minimum Gasteiger partial charge on any atom is -0.363 e. The van der Waals surface area contributed by atoms with E-state index in [2.05, 4.69) is 12.2 Å². The third-order valence-corrected chi connectivity index (χ3v) is 4.94. The SMILES string of the molecule is CCCCCCCCCCCCCCCC(=O)NC(N)C(O)(O)CCC. The highest BCUT2D eigenvalue weighted by Gasteiger charge is 2.31. The Balaban J connectivity index is 3.43. The molecule has 5 nitrogen and oxygen atoms in total. The smallest absolute Gasteiger partial charge is 0.221 e. The number of hydrogen-bond acceptors (Lipinski definition) is 4. The normalized spacial score (nSPS) is 13.0. The standard InChI is InChI=1S/C21H44N2O3/c1-3-5-6-7-8-9-10-11-12-13-14-15-16-17-19(24)23-20(22)21(25,26)18-4-2/h20,25-26H,3-18,22H2,1-2H3,(H,23,24). The summed E-state index contributed by atoms with van der Waals surface area (Å²) in [7, 11) is 0. The number of unbranched alkanes of at least 4 members (excludes halogenated alkanes) is 12. The largest absolute Gasteiger partial charge is 0.363 e. The van der Waals surface area contributed by atoms with Crippen molar-refractivity contribution in [3.8, 4) is 0 Å². The zero-order valence-corrected chi connectivity index (χ0v) is 17.3. The van der Waals surface area contributed by atoms with Gasteiger partial charge in [-0.25, -0.2) is 0 Å². The second kappa shape index (κ2) is 16.5. The molecule has 0 spiro atoms. The van der Waals surface area contributed by atoms with Crippen molar-refractivity contribution < 1.29 is 15.0 Å². The molecular weight excluding hydrogens is 328 g/mol. The Kier molecular flexibility index (Phi) is 16.1. The quantitative estimate of drug-likeness (QED) is 0.212. The number of amides is 1. The van der Waals surface area contributed by atoms with Crippen LogP contribution in [-0.2, 0) is 4.79 Å². The van der Waals surface area contributed by atoms with Gasteiger partial charge in [-0.05, 0) is 6.42 Å². The molecule has 0 bridgehead atoms. The Bertz CT molecular complexity index is 335. The number of rotatable bonds is 18. The molecule has 0 saturated carbocycles. The molecule has 156 valence electrons. The highest BCUT2D eigenvalue weighted by atomic mass is 16.5. The van der Waals surface area contributed by atoms with Crippen LogP contribution in [0.2, 0.25) is 0 Å². The van der Waals surface area contributed by atoms with E-state index >= 15 is 0 Å². The molecule has 5 N–H and O–H groups in total. The van der Waals surface area contributed by atoms with E-state index in [0.717, 1.165) is 19.3 Å². The van der Waals surface area contributed by atoms with Gasteiger partial charge in [0.1, 0.15) is 6.17 Å². The first-order chi connectivity index (χ1) is 12.4. The maximum Gasteiger partial charge on any atom is 0.221 e. The molecule has 1 atom stereocenters. The molecule has 0 aromatic heterocycles. The number of nitrogens with one attached hydrogen (secondary N) is 1. The lowest BCUT2D eigenvalue weighted by molar-refractivity contribution is -0.188. The van der Waals surface area contributed by atoms with Crippen LogP contribution in [0.25, 0.3) is 0 Å². The Morgan fingerprint density at radius 3 is 1.65 bits per heavy atom. The summed E-state index contributed by atoms with van der Waals surface area (Å²) < 4.78 is 0. The summed E-state index contributed by atoms with van der Waals surface area (Å²) in [6.45, 7) is 4.09. The molecule has 0 aliphatic rings. The molecule has 1 unspecified atom stereocenters. The summed E-state index contributed by atoms with van der Waals surface area (Å²) >= 11 is 0. The van der Waals surface area contributed by atoms with Crippen LogP contribution in [0.5, 0.6) is 0 Å². The van der Waals surface area contributed by atoms with Crippen LogP contribution in [0.1, 0.15) is 117 Å². The van der Waals surface area contributed by atoms with Crippen LogP contribution >= 0.6 is 0 Å². The van der Waals surface area contributed by atoms with Crippen molar-refractivity contribution >= 4 is 5.91 Å². The number of hydrogen-bond donors (Lipinski definition) is 4. The van der Waals surface area contributed by atoms with E-state index in [4.69, 9.17) is 5.73 Å². The van der Waals surface area contributed by atoms with Gasteiger partial charge in [0.05, 0.1) is 0 Å². The molecule has 0 aliphatic carbocycles. The van der Waals surface area contributed by atoms with E-state index in [0.29, 0.717) is 12.8 Å². The lowest BCUT2D eigenvalue weighted by Crippen LogP contribution is -2.58. The minimum atomic E-state index is -2.03. The van der Waals surface area contributed by atoms with Gasteiger partial charge in [-0.1, -0.05) is 97.3 Å². The first-order valence-electron chi connectivity index (χ1n) is 10.9. The molecule has 0 heterocycles. The highest BCUT2D eigenvalue weighted by Crippen LogP contribution is 2.14. The molecule has 1 amide bonds. The fraction of sp³-hybridized carbons (Fsp3) is 0.952. The Labute approximate surface area is 161 Å². The van der Waals surface area contributed by atoms with Gasteiger partial charge in [-0.2, -0.15) is 0 Å². The second-order valence-corrected chi connectivity index (χ2v) is 7.67. The van der Waals surface area contributed by atoms with E-state index in [1.807, 2.05) is 6.92 Å². The molecule has 0 saturated heterocycles. The van der Waals surface area contributed by atoms with Crippen molar-refractivity contribution in [2.45, 2.75) is 129 Å². The summed E-state index contributed by atoms with van der Waals surface area (Å²) in [6.07, 6.45) is 16.5. The summed E-state index contributed by atoms with van der Waals surface area (Å²) in [6, 6.07) is 0. The predicted octanol–water partition coefficient (Wildman–Crippen LogP) is 4.35. The van der Waals surface area contributed by atoms with Crippen molar-refractivity contribution in [1.29, 1.82) is 0 Å². The summed E-state index contributed by atoms with van der Waals surface area (Å²) in [5.41, 5.74) is 5.65. The lowest BCUT2D eigenvalue weighted by atomic mass is 10.0. The monoisotopic (exact) mass is 372 g/mol. The van der Waals surface area contributed by atoms with Gasteiger partial charge < -0.3 is 21.3 Å². The van der Waals surface area contributed by atoms with Crippen LogP contribution in [-0.4, -0.2) is 28.1 Å². The third-order valence-electron chi connectivity index (χ3n) is 4.94. The van der Waals surface area contributed by atoms with Gasteiger partial charge in [0.15, 0.2) is 5.79 Å². The molecule has 0 aliphatic heterocycles. The van der Waals surface area contributed by atoms with Crippen LogP contribution in [0, 0.1) is 0 Å². The van der Waals surface area contributed by atoms with E-state index in [-0.39, 0.29) is 12.3 Å². The predicted molar refractivity (Wildman–Crippen MR) is 109 cm³/mol. The van der Waals surface area contributed by atoms with E-state index in [9.17, 15) is 15.0 Å². The van der Waals surface area contributed by atoms with Crippen LogP contribution < -0.4 is 11.1 Å². The fourth-order valence-corrected chi connectivity index (χ4v) is 3.19. The first kappa shape index (κ1) is 25.4. The zero-order valence-electron chi connectivity index (χ0n) is 17.3. The maximum absolute atomic E-state index is 11.8. The van der Waals surface area contributed by atoms with Gasteiger partial charge in [0.25, 0.3) is 0 Å². The molecule has 26 heavy (non-hydrogen) atoms. The maximum atomic E-state index is 11.8. The van der Waals surface area contributed by atoms with Gasteiger partial charge in [-0.3, -0.25) is 4.79 Å². The summed E-state index contributed by atoms with van der Waals surface area (Å²) in [5, 5.41) is 22.0. The second-order valence-electron chi connectivity index (χ2n) is 7.67. The lowest BCUT2D eigenvalue weighted by Gasteiger charge is -2.28. The van der Waals surface area contributed by atoms with E-state index < -0.39 is 12.0 Å². The summed E-state index contributed by atoms with van der Waals surface area (Å²) in [5.74, 6) is -2.23. The Morgan fingerprint density at radius 2 is 1.23 bits per heavy atom. The first-order valence-corrected chi connectivity index (χ1v) is 10.9. The number of aliphatic hydroxyl groups is 2. The van der Waals surface area contributed by atoms with E-state index in [1.165, 1.54) is 64.2 Å². The third kappa shape index (κ3) is 14.5. The van der Waals surface area contributed by atoms with Crippen molar-refractivity contribution in [3.05, 3.63) is 0 Å². The fourth-order valence-electron chi connectivity index (χ4n) is 3.19. The number of nitrogens with two attached hydrogens (primary N) is 1. The molecular formula is C21H44N2O3. The van der Waals surface area contributed by atoms with Gasteiger partial charge in [-0.15, -0.1) is 0 Å². The minimum absolute atomic E-state index is 0.146. The average molecular weight is 373 g/mol.